The largest absolute Gasteiger partial charge is 0.497 e. The van der Waals surface area contributed by atoms with Crippen molar-refractivity contribution in [2.45, 2.75) is 6.04 Å². The van der Waals surface area contributed by atoms with Gasteiger partial charge < -0.3 is 14.9 Å². The van der Waals surface area contributed by atoms with Gasteiger partial charge in [-0.25, -0.2) is 0 Å². The molecular weight excluding hydrogens is 226 g/mol. The van der Waals surface area contributed by atoms with Gasteiger partial charge in [0.15, 0.2) is 5.22 Å². The molecule has 0 bridgehead atoms. The minimum absolute atomic E-state index is 0.280. The maximum atomic E-state index is 6.07. The van der Waals surface area contributed by atoms with Gasteiger partial charge in [0.25, 0.3) is 0 Å². The molecule has 4 heteroatoms. The Morgan fingerprint density at radius 1 is 1.25 bits per heavy atom. The lowest BCUT2D eigenvalue weighted by Crippen LogP contribution is -2.11. The Bertz CT molecular complexity index is 464. The molecule has 0 fully saturated rings. The predicted molar refractivity (Wildman–Crippen MR) is 62.7 cm³/mol. The van der Waals surface area contributed by atoms with E-state index in [4.69, 9.17) is 26.5 Å². The summed E-state index contributed by atoms with van der Waals surface area (Å²) < 4.78 is 10.1. The molecule has 16 heavy (non-hydrogen) atoms. The molecule has 1 heterocycles. The van der Waals surface area contributed by atoms with E-state index in [1.165, 1.54) is 6.26 Å². The normalized spacial score (nSPS) is 12.4. The van der Waals surface area contributed by atoms with Crippen LogP contribution in [0.4, 0.5) is 0 Å². The van der Waals surface area contributed by atoms with Crippen molar-refractivity contribution >= 4 is 11.6 Å². The van der Waals surface area contributed by atoms with Crippen molar-refractivity contribution in [3.8, 4) is 5.75 Å². The number of hydrogen-bond acceptors (Lipinski definition) is 3. The molecule has 0 aliphatic heterocycles. The van der Waals surface area contributed by atoms with Gasteiger partial charge in [0.1, 0.15) is 5.75 Å². The molecule has 0 amide bonds. The zero-order chi connectivity index (χ0) is 11.5. The summed E-state index contributed by atoms with van der Waals surface area (Å²) in [7, 11) is 1.63. The number of halogens is 1. The van der Waals surface area contributed by atoms with E-state index in [1.54, 1.807) is 13.2 Å². The second-order valence-corrected chi connectivity index (χ2v) is 3.74. The third-order valence-corrected chi connectivity index (χ3v) is 2.76. The number of benzene rings is 1. The second-order valence-electron chi connectivity index (χ2n) is 3.40. The molecule has 1 aromatic carbocycles. The van der Waals surface area contributed by atoms with Crippen molar-refractivity contribution in [2.24, 2.45) is 5.73 Å². The van der Waals surface area contributed by atoms with Gasteiger partial charge in [-0.2, -0.15) is 0 Å². The number of nitrogens with two attached hydrogens (primary N) is 1. The molecule has 0 radical (unpaired) electrons. The zero-order valence-electron chi connectivity index (χ0n) is 8.81. The molecule has 2 N–H and O–H groups in total. The average Bonchev–Trinajstić information content (AvgIpc) is 2.75. The number of rotatable bonds is 3. The summed E-state index contributed by atoms with van der Waals surface area (Å²) in [5.41, 5.74) is 7.81. The van der Waals surface area contributed by atoms with Crippen LogP contribution in [0.1, 0.15) is 17.2 Å². The van der Waals surface area contributed by atoms with Crippen LogP contribution in [-0.4, -0.2) is 7.11 Å². The van der Waals surface area contributed by atoms with Crippen LogP contribution in [0.25, 0.3) is 0 Å². The molecule has 0 saturated carbocycles. The van der Waals surface area contributed by atoms with Crippen LogP contribution in [0.15, 0.2) is 41.0 Å². The van der Waals surface area contributed by atoms with Crippen molar-refractivity contribution in [2.75, 3.05) is 7.11 Å². The minimum atomic E-state index is -0.280. The molecule has 0 aliphatic rings. The van der Waals surface area contributed by atoms with E-state index < -0.39 is 0 Å². The number of ether oxygens (including phenoxy) is 1. The van der Waals surface area contributed by atoms with Crippen molar-refractivity contribution in [3.63, 3.8) is 0 Å². The summed E-state index contributed by atoms with van der Waals surface area (Å²) in [5.74, 6) is 0.800. The van der Waals surface area contributed by atoms with Crippen LogP contribution < -0.4 is 10.5 Å². The quantitative estimate of drug-likeness (QED) is 0.893. The van der Waals surface area contributed by atoms with E-state index in [0.29, 0.717) is 5.22 Å². The Morgan fingerprint density at radius 2 is 1.94 bits per heavy atom. The van der Waals surface area contributed by atoms with Crippen molar-refractivity contribution in [1.82, 2.24) is 0 Å². The number of hydrogen-bond donors (Lipinski definition) is 1. The summed E-state index contributed by atoms with van der Waals surface area (Å²) in [4.78, 5) is 0. The summed E-state index contributed by atoms with van der Waals surface area (Å²) in [6.45, 7) is 0. The summed E-state index contributed by atoms with van der Waals surface area (Å²) in [5, 5.41) is 0.336. The van der Waals surface area contributed by atoms with Gasteiger partial charge in [0.05, 0.1) is 19.4 Å². The molecule has 84 valence electrons. The highest BCUT2D eigenvalue weighted by Gasteiger charge is 2.14. The average molecular weight is 238 g/mol. The highest BCUT2D eigenvalue weighted by Crippen LogP contribution is 2.28. The second kappa shape index (κ2) is 4.60. The van der Waals surface area contributed by atoms with Crippen molar-refractivity contribution < 1.29 is 9.15 Å². The molecule has 2 aromatic rings. The number of furan rings is 1. The van der Waals surface area contributed by atoms with Gasteiger partial charge in [-0.15, -0.1) is 0 Å². The molecule has 3 nitrogen and oxygen atoms in total. The summed E-state index contributed by atoms with van der Waals surface area (Å²) in [6, 6.07) is 9.04. The van der Waals surface area contributed by atoms with Crippen LogP contribution in [-0.2, 0) is 0 Å². The fourth-order valence-electron chi connectivity index (χ4n) is 1.52. The van der Waals surface area contributed by atoms with Crippen molar-refractivity contribution in [3.05, 3.63) is 52.9 Å². The Kier molecular flexibility index (Phi) is 3.17. The highest BCUT2D eigenvalue weighted by atomic mass is 35.5. The van der Waals surface area contributed by atoms with Crippen LogP contribution in [0.5, 0.6) is 5.75 Å². The van der Waals surface area contributed by atoms with Crippen LogP contribution >= 0.6 is 11.6 Å². The molecular formula is C12H12ClNO2. The fourth-order valence-corrected chi connectivity index (χ4v) is 1.75. The molecule has 1 atom stereocenters. The van der Waals surface area contributed by atoms with Crippen LogP contribution in [0.2, 0.25) is 5.22 Å². The highest BCUT2D eigenvalue weighted by molar-refractivity contribution is 6.29. The molecule has 0 spiro atoms. The van der Waals surface area contributed by atoms with E-state index in [1.807, 2.05) is 24.3 Å². The lowest BCUT2D eigenvalue weighted by atomic mass is 10.0. The Hall–Kier alpha value is -1.45. The molecule has 1 aromatic heterocycles. The third kappa shape index (κ3) is 2.05. The Balaban J connectivity index is 2.27. The van der Waals surface area contributed by atoms with Gasteiger partial charge in [0, 0.05) is 5.56 Å². The molecule has 2 rings (SSSR count). The number of methoxy groups -OCH3 is 1. The third-order valence-electron chi connectivity index (χ3n) is 2.46. The standard InChI is InChI=1S/C12H12ClNO2/c1-15-9-4-2-8(3-5-9)11(14)10-6-7-16-12(10)13/h2-7,11H,14H2,1H3. The van der Waals surface area contributed by atoms with Gasteiger partial charge in [0.2, 0.25) is 0 Å². The van der Waals surface area contributed by atoms with Crippen molar-refractivity contribution in [1.29, 1.82) is 0 Å². The SMILES string of the molecule is COc1ccc(C(N)c2ccoc2Cl)cc1. The molecule has 0 saturated heterocycles. The maximum Gasteiger partial charge on any atom is 0.198 e. The van der Waals surface area contributed by atoms with E-state index in [-0.39, 0.29) is 6.04 Å². The lowest BCUT2D eigenvalue weighted by molar-refractivity contribution is 0.414. The lowest BCUT2D eigenvalue weighted by Gasteiger charge is -2.11. The van der Waals surface area contributed by atoms with Gasteiger partial charge in [-0.1, -0.05) is 12.1 Å². The Labute approximate surface area is 98.8 Å². The van der Waals surface area contributed by atoms with Gasteiger partial charge in [-0.3, -0.25) is 0 Å². The topological polar surface area (TPSA) is 48.4 Å². The fraction of sp³-hybridized carbons (Fsp3) is 0.167. The molecule has 0 aliphatic carbocycles. The maximum absolute atomic E-state index is 6.07. The van der Waals surface area contributed by atoms with Crippen LogP contribution in [0, 0.1) is 0 Å². The van der Waals surface area contributed by atoms with E-state index in [0.717, 1.165) is 16.9 Å². The minimum Gasteiger partial charge on any atom is -0.497 e. The smallest absolute Gasteiger partial charge is 0.198 e. The first-order chi connectivity index (χ1) is 7.72. The first-order valence-corrected chi connectivity index (χ1v) is 5.22. The van der Waals surface area contributed by atoms with Gasteiger partial charge >= 0.3 is 0 Å². The van der Waals surface area contributed by atoms with E-state index in [9.17, 15) is 0 Å². The Morgan fingerprint density at radius 3 is 2.44 bits per heavy atom. The summed E-state index contributed by atoms with van der Waals surface area (Å²) >= 11 is 5.87. The van der Waals surface area contributed by atoms with E-state index >= 15 is 0 Å². The predicted octanol–water partition coefficient (Wildman–Crippen LogP) is 2.99. The summed E-state index contributed by atoms with van der Waals surface area (Å²) in [6.07, 6.45) is 1.53. The van der Waals surface area contributed by atoms with E-state index in [2.05, 4.69) is 0 Å². The monoisotopic (exact) mass is 237 g/mol. The first kappa shape index (κ1) is 11.0. The zero-order valence-corrected chi connectivity index (χ0v) is 9.57. The molecule has 1 unspecified atom stereocenters. The first-order valence-electron chi connectivity index (χ1n) is 4.85. The van der Waals surface area contributed by atoms with Gasteiger partial charge in [-0.05, 0) is 35.4 Å². The van der Waals surface area contributed by atoms with Crippen LogP contribution in [0.3, 0.4) is 0 Å².